The fourth-order valence-electron chi connectivity index (χ4n) is 4.19. The number of esters is 1. The third-order valence-electron chi connectivity index (χ3n) is 6.49. The summed E-state index contributed by atoms with van der Waals surface area (Å²) in [6, 6.07) is 15.1. The Bertz CT molecular complexity index is 1080. The molecule has 1 heterocycles. The number of hydrogen-bond donors (Lipinski definition) is 0. The van der Waals surface area contributed by atoms with Gasteiger partial charge in [-0.25, -0.2) is 19.2 Å². The van der Waals surface area contributed by atoms with Gasteiger partial charge in [-0.15, -0.1) is 0 Å². The van der Waals surface area contributed by atoms with Crippen LogP contribution in [0.2, 0.25) is 0 Å². The summed E-state index contributed by atoms with van der Waals surface area (Å²) in [5, 5.41) is 0. The van der Waals surface area contributed by atoms with Crippen molar-refractivity contribution in [3.8, 4) is 28.3 Å². The van der Waals surface area contributed by atoms with Gasteiger partial charge in [0.25, 0.3) is 0 Å². The molecule has 0 saturated carbocycles. The van der Waals surface area contributed by atoms with E-state index in [1.165, 1.54) is 19.8 Å². The van der Waals surface area contributed by atoms with Crippen molar-refractivity contribution in [2.75, 3.05) is 0 Å². The fourth-order valence-corrected chi connectivity index (χ4v) is 4.19. The summed E-state index contributed by atoms with van der Waals surface area (Å²) in [5.41, 5.74) is 2.01. The minimum Gasteiger partial charge on any atom is -0.424 e. The first-order valence-electron chi connectivity index (χ1n) is 13.4. The summed E-state index contributed by atoms with van der Waals surface area (Å²) in [4.78, 5) is 21.7. The Morgan fingerprint density at radius 2 is 1.44 bits per heavy atom. The molecule has 0 N–H and O–H groups in total. The van der Waals surface area contributed by atoms with Crippen LogP contribution in [-0.2, 0) is 11.2 Å². The molecule has 192 valence electrons. The van der Waals surface area contributed by atoms with E-state index in [1.54, 1.807) is 12.1 Å². The van der Waals surface area contributed by atoms with Crippen LogP contribution in [0.3, 0.4) is 0 Å². The van der Waals surface area contributed by atoms with Crippen molar-refractivity contribution in [2.45, 2.75) is 90.6 Å². The van der Waals surface area contributed by atoms with E-state index in [2.05, 4.69) is 23.8 Å². The molecule has 0 aliphatic carbocycles. The van der Waals surface area contributed by atoms with Crippen LogP contribution in [0.1, 0.15) is 84.1 Å². The Morgan fingerprint density at radius 1 is 0.833 bits per heavy atom. The van der Waals surface area contributed by atoms with Gasteiger partial charge in [0.1, 0.15) is 5.75 Å². The molecular formula is C31H39FN2O2. The lowest BCUT2D eigenvalue weighted by molar-refractivity contribution is -0.147. The van der Waals surface area contributed by atoms with Crippen LogP contribution < -0.4 is 4.74 Å². The van der Waals surface area contributed by atoms with E-state index in [4.69, 9.17) is 4.74 Å². The van der Waals surface area contributed by atoms with Gasteiger partial charge in [0.15, 0.2) is 5.82 Å². The number of aromatic nitrogens is 2. The standard InChI is InChI=1S/C31H39FN2O2/c1-4-6-8-9-10-13-21-31(3,32)30(35)36-26-19-17-25(18-20-26)27-15-11-12-16-28(27)29-33-22-24(23-34-29)14-7-5-2/h11-12,15-20,22-23H,4-10,13-14,21H2,1-3H3. The Hall–Kier alpha value is -3.08. The monoisotopic (exact) mass is 490 g/mol. The second-order valence-corrected chi connectivity index (χ2v) is 9.69. The van der Waals surface area contributed by atoms with Crippen LogP contribution in [0.25, 0.3) is 22.5 Å². The van der Waals surface area contributed by atoms with E-state index in [9.17, 15) is 9.18 Å². The van der Waals surface area contributed by atoms with Crippen LogP contribution in [0.4, 0.5) is 4.39 Å². The van der Waals surface area contributed by atoms with Crippen molar-refractivity contribution in [3.05, 3.63) is 66.5 Å². The molecule has 5 heteroatoms. The first kappa shape index (κ1) is 27.5. The van der Waals surface area contributed by atoms with Gasteiger partial charge >= 0.3 is 5.97 Å². The molecule has 1 aromatic heterocycles. The van der Waals surface area contributed by atoms with Crippen molar-refractivity contribution < 1.29 is 13.9 Å². The third kappa shape index (κ3) is 7.97. The molecule has 0 saturated heterocycles. The number of carbonyl (C=O) groups excluding carboxylic acids is 1. The lowest BCUT2D eigenvalue weighted by Gasteiger charge is -2.18. The van der Waals surface area contributed by atoms with Crippen molar-refractivity contribution in [1.29, 1.82) is 0 Å². The smallest absolute Gasteiger partial charge is 0.348 e. The SMILES string of the molecule is CCCCCCCCC(C)(F)C(=O)Oc1ccc(-c2ccccc2-c2ncc(CCCC)cn2)cc1. The largest absolute Gasteiger partial charge is 0.424 e. The fraction of sp³-hybridized carbons (Fsp3) is 0.452. The third-order valence-corrected chi connectivity index (χ3v) is 6.49. The number of hydrogen-bond acceptors (Lipinski definition) is 4. The first-order chi connectivity index (χ1) is 17.4. The molecule has 36 heavy (non-hydrogen) atoms. The van der Waals surface area contributed by atoms with E-state index < -0.39 is 11.6 Å². The molecule has 0 spiro atoms. The van der Waals surface area contributed by atoms with Crippen LogP contribution in [0, 0.1) is 0 Å². The maximum atomic E-state index is 14.9. The quantitative estimate of drug-likeness (QED) is 0.129. The molecular weight excluding hydrogens is 451 g/mol. The van der Waals surface area contributed by atoms with Gasteiger partial charge in [0.05, 0.1) is 0 Å². The average Bonchev–Trinajstić information content (AvgIpc) is 2.90. The lowest BCUT2D eigenvalue weighted by atomic mass is 9.98. The topological polar surface area (TPSA) is 52.1 Å². The predicted octanol–water partition coefficient (Wildman–Crippen LogP) is 8.54. The van der Waals surface area contributed by atoms with Crippen LogP contribution in [-0.4, -0.2) is 21.6 Å². The lowest BCUT2D eigenvalue weighted by Crippen LogP contribution is -2.34. The summed E-state index contributed by atoms with van der Waals surface area (Å²) in [5.74, 6) is 0.176. The molecule has 0 amide bonds. The highest BCUT2D eigenvalue weighted by molar-refractivity contribution is 5.82. The molecule has 4 nitrogen and oxygen atoms in total. The number of alkyl halides is 1. The summed E-state index contributed by atoms with van der Waals surface area (Å²) in [6.07, 6.45) is 13.5. The maximum absolute atomic E-state index is 14.9. The van der Waals surface area contributed by atoms with Gasteiger partial charge in [-0.2, -0.15) is 0 Å². The number of benzene rings is 2. The average molecular weight is 491 g/mol. The summed E-state index contributed by atoms with van der Waals surface area (Å²) >= 11 is 0. The van der Waals surface area contributed by atoms with Gasteiger partial charge in [0.2, 0.25) is 5.67 Å². The predicted molar refractivity (Wildman–Crippen MR) is 145 cm³/mol. The first-order valence-corrected chi connectivity index (χ1v) is 13.4. The highest BCUT2D eigenvalue weighted by atomic mass is 19.1. The van der Waals surface area contributed by atoms with Gasteiger partial charge in [-0.1, -0.05) is 88.8 Å². The molecule has 3 rings (SSSR count). The van der Waals surface area contributed by atoms with Gasteiger partial charge in [-0.05, 0) is 61.4 Å². The number of aryl methyl sites for hydroxylation is 1. The molecule has 0 bridgehead atoms. The van der Waals surface area contributed by atoms with Crippen molar-refractivity contribution in [1.82, 2.24) is 9.97 Å². The molecule has 0 radical (unpaired) electrons. The van der Waals surface area contributed by atoms with Gasteiger partial charge in [-0.3, -0.25) is 0 Å². The number of ether oxygens (including phenoxy) is 1. The van der Waals surface area contributed by atoms with E-state index in [0.717, 1.165) is 60.8 Å². The molecule has 1 atom stereocenters. The minimum atomic E-state index is -1.99. The van der Waals surface area contributed by atoms with Crippen molar-refractivity contribution >= 4 is 5.97 Å². The van der Waals surface area contributed by atoms with Gasteiger partial charge < -0.3 is 4.74 Å². The number of unbranched alkanes of at least 4 members (excludes halogenated alkanes) is 6. The molecule has 2 aromatic carbocycles. The molecule has 0 aliphatic rings. The summed E-state index contributed by atoms with van der Waals surface area (Å²) < 4.78 is 20.3. The van der Waals surface area contributed by atoms with Gasteiger partial charge in [0, 0.05) is 18.0 Å². The normalized spacial score (nSPS) is 12.8. The van der Waals surface area contributed by atoms with E-state index in [0.29, 0.717) is 18.0 Å². The van der Waals surface area contributed by atoms with Crippen LogP contribution in [0.5, 0.6) is 5.75 Å². The molecule has 3 aromatic rings. The zero-order valence-corrected chi connectivity index (χ0v) is 21.9. The Morgan fingerprint density at radius 3 is 2.11 bits per heavy atom. The van der Waals surface area contributed by atoms with E-state index in [1.807, 2.05) is 48.8 Å². The highest BCUT2D eigenvalue weighted by Gasteiger charge is 2.34. The Labute approximate surface area is 215 Å². The number of rotatable bonds is 14. The molecule has 0 aliphatic heterocycles. The van der Waals surface area contributed by atoms with Crippen molar-refractivity contribution in [3.63, 3.8) is 0 Å². The Balaban J connectivity index is 1.64. The second kappa shape index (κ2) is 13.9. The number of halogens is 1. The minimum absolute atomic E-state index is 0.181. The van der Waals surface area contributed by atoms with Crippen molar-refractivity contribution in [2.24, 2.45) is 0 Å². The van der Waals surface area contributed by atoms with E-state index >= 15 is 0 Å². The summed E-state index contributed by atoms with van der Waals surface area (Å²) in [7, 11) is 0. The van der Waals surface area contributed by atoms with Crippen LogP contribution in [0.15, 0.2) is 60.9 Å². The summed E-state index contributed by atoms with van der Waals surface area (Å²) in [6.45, 7) is 5.66. The zero-order valence-electron chi connectivity index (χ0n) is 21.9. The van der Waals surface area contributed by atoms with Crippen LogP contribution >= 0.6 is 0 Å². The number of nitrogens with zero attached hydrogens (tertiary/aromatic N) is 2. The molecule has 0 fully saturated rings. The van der Waals surface area contributed by atoms with E-state index in [-0.39, 0.29) is 6.42 Å². The second-order valence-electron chi connectivity index (χ2n) is 9.69. The highest BCUT2D eigenvalue weighted by Crippen LogP contribution is 2.32. The Kier molecular flexibility index (Phi) is 10.6. The zero-order chi connectivity index (χ0) is 25.8. The maximum Gasteiger partial charge on any atom is 0.348 e. The number of carbonyl (C=O) groups is 1. The molecule has 1 unspecified atom stereocenters.